The number of hydrogen-bond acceptors (Lipinski definition) is 3. The van der Waals surface area contributed by atoms with Crippen molar-refractivity contribution in [3.8, 4) is 0 Å². The molecule has 2 atom stereocenters. The standard InChI is InChI=1S/C16H17ClN2OS/c1-10(14-6-7-15(17)21-14)19-16(20)8-11-9-18-13-5-3-2-4-12(11)13/h2-7,10-11,18H,8-9H2,1H3,(H,19,20). The fraction of sp³-hybridized carbons (Fsp3) is 0.312. The molecule has 0 aliphatic carbocycles. The first kappa shape index (κ1) is 14.4. The summed E-state index contributed by atoms with van der Waals surface area (Å²) in [5.41, 5.74) is 2.38. The van der Waals surface area contributed by atoms with E-state index in [1.807, 2.05) is 31.2 Å². The Labute approximate surface area is 133 Å². The van der Waals surface area contributed by atoms with Crippen LogP contribution in [0, 0.1) is 0 Å². The van der Waals surface area contributed by atoms with E-state index in [1.54, 1.807) is 0 Å². The minimum Gasteiger partial charge on any atom is -0.384 e. The molecule has 0 bridgehead atoms. The van der Waals surface area contributed by atoms with Gasteiger partial charge in [-0.3, -0.25) is 4.79 Å². The van der Waals surface area contributed by atoms with Crippen LogP contribution in [0.15, 0.2) is 36.4 Å². The van der Waals surface area contributed by atoms with E-state index < -0.39 is 0 Å². The lowest BCUT2D eigenvalue weighted by Crippen LogP contribution is -2.27. The van der Waals surface area contributed by atoms with Crippen molar-refractivity contribution in [3.63, 3.8) is 0 Å². The highest BCUT2D eigenvalue weighted by atomic mass is 35.5. The second kappa shape index (κ2) is 6.08. The number of thiophene rings is 1. The highest BCUT2D eigenvalue weighted by Gasteiger charge is 2.24. The number of amides is 1. The maximum Gasteiger partial charge on any atom is 0.221 e. The van der Waals surface area contributed by atoms with Crippen LogP contribution in [-0.4, -0.2) is 12.5 Å². The van der Waals surface area contributed by atoms with Gasteiger partial charge in [-0.15, -0.1) is 11.3 Å². The number of nitrogens with one attached hydrogen (secondary N) is 2. The summed E-state index contributed by atoms with van der Waals surface area (Å²) < 4.78 is 0.750. The Bertz CT molecular complexity index is 655. The number of hydrogen-bond donors (Lipinski definition) is 2. The number of anilines is 1. The van der Waals surface area contributed by atoms with Crippen molar-refractivity contribution in [2.45, 2.75) is 25.3 Å². The van der Waals surface area contributed by atoms with Crippen molar-refractivity contribution in [1.82, 2.24) is 5.32 Å². The number of carbonyl (C=O) groups excluding carboxylic acids is 1. The Kier molecular flexibility index (Phi) is 4.17. The zero-order chi connectivity index (χ0) is 14.8. The number of carbonyl (C=O) groups is 1. The van der Waals surface area contributed by atoms with E-state index in [2.05, 4.69) is 22.8 Å². The van der Waals surface area contributed by atoms with E-state index in [4.69, 9.17) is 11.6 Å². The van der Waals surface area contributed by atoms with Crippen LogP contribution in [0.25, 0.3) is 0 Å². The first-order valence-corrected chi connectivity index (χ1v) is 8.20. The van der Waals surface area contributed by atoms with Crippen LogP contribution in [0.2, 0.25) is 4.34 Å². The minimum atomic E-state index is -0.000365. The Hall–Kier alpha value is -1.52. The van der Waals surface area contributed by atoms with E-state index in [0.29, 0.717) is 6.42 Å². The van der Waals surface area contributed by atoms with Crippen molar-refractivity contribution in [3.05, 3.63) is 51.2 Å². The molecule has 1 aromatic heterocycles. The van der Waals surface area contributed by atoms with E-state index in [-0.39, 0.29) is 17.9 Å². The number of para-hydroxylation sites is 1. The first-order valence-electron chi connectivity index (χ1n) is 7.01. The maximum atomic E-state index is 12.2. The summed E-state index contributed by atoms with van der Waals surface area (Å²) in [5.74, 6) is 0.329. The Balaban J connectivity index is 1.60. The molecule has 3 nitrogen and oxygen atoms in total. The highest BCUT2D eigenvalue weighted by molar-refractivity contribution is 7.16. The lowest BCUT2D eigenvalue weighted by atomic mass is 9.97. The molecule has 2 aromatic rings. The predicted molar refractivity (Wildman–Crippen MR) is 88.2 cm³/mol. The second-order valence-corrected chi connectivity index (χ2v) is 7.05. The molecule has 2 heterocycles. The van der Waals surface area contributed by atoms with Crippen LogP contribution in [-0.2, 0) is 4.79 Å². The van der Waals surface area contributed by atoms with Gasteiger partial charge in [0.15, 0.2) is 0 Å². The minimum absolute atomic E-state index is 0.000365. The van der Waals surface area contributed by atoms with Gasteiger partial charge in [-0.2, -0.15) is 0 Å². The van der Waals surface area contributed by atoms with Crippen LogP contribution < -0.4 is 10.6 Å². The molecule has 1 aliphatic heterocycles. The van der Waals surface area contributed by atoms with Gasteiger partial charge in [-0.05, 0) is 30.7 Å². The van der Waals surface area contributed by atoms with E-state index >= 15 is 0 Å². The molecule has 0 saturated heterocycles. The average Bonchev–Trinajstić information content (AvgIpc) is 3.06. The fourth-order valence-electron chi connectivity index (χ4n) is 2.70. The molecule has 1 aromatic carbocycles. The molecule has 0 spiro atoms. The third-order valence-corrected chi connectivity index (χ3v) is 5.18. The average molecular weight is 321 g/mol. The zero-order valence-electron chi connectivity index (χ0n) is 11.7. The molecule has 0 fully saturated rings. The molecule has 2 unspecified atom stereocenters. The van der Waals surface area contributed by atoms with Gasteiger partial charge in [0.25, 0.3) is 0 Å². The summed E-state index contributed by atoms with van der Waals surface area (Å²) in [6.07, 6.45) is 0.507. The molecule has 5 heteroatoms. The lowest BCUT2D eigenvalue weighted by Gasteiger charge is -2.15. The summed E-state index contributed by atoms with van der Waals surface area (Å²) in [5, 5.41) is 6.40. The van der Waals surface area contributed by atoms with Crippen molar-refractivity contribution in [2.75, 3.05) is 11.9 Å². The number of benzene rings is 1. The molecule has 110 valence electrons. The third kappa shape index (κ3) is 3.22. The van der Waals surface area contributed by atoms with E-state index in [1.165, 1.54) is 16.9 Å². The molecule has 1 aliphatic rings. The molecule has 0 saturated carbocycles. The monoisotopic (exact) mass is 320 g/mol. The summed E-state index contributed by atoms with van der Waals surface area (Å²) >= 11 is 7.44. The normalized spacial score (nSPS) is 17.9. The highest BCUT2D eigenvalue weighted by Crippen LogP contribution is 2.33. The van der Waals surface area contributed by atoms with Crippen molar-refractivity contribution in [1.29, 1.82) is 0 Å². The smallest absolute Gasteiger partial charge is 0.221 e. The maximum absolute atomic E-state index is 12.2. The Morgan fingerprint density at radius 2 is 2.24 bits per heavy atom. The van der Waals surface area contributed by atoms with Crippen molar-refractivity contribution < 1.29 is 4.79 Å². The van der Waals surface area contributed by atoms with Crippen molar-refractivity contribution >= 4 is 34.5 Å². The Morgan fingerprint density at radius 3 is 3.00 bits per heavy atom. The van der Waals surface area contributed by atoms with Gasteiger partial charge < -0.3 is 10.6 Å². The zero-order valence-corrected chi connectivity index (χ0v) is 13.3. The summed E-state index contributed by atoms with van der Waals surface area (Å²) in [6, 6.07) is 12.0. The number of halogens is 1. The summed E-state index contributed by atoms with van der Waals surface area (Å²) in [7, 11) is 0. The van der Waals surface area contributed by atoms with Crippen LogP contribution >= 0.6 is 22.9 Å². The van der Waals surface area contributed by atoms with Gasteiger partial charge in [0, 0.05) is 29.4 Å². The van der Waals surface area contributed by atoms with E-state index in [0.717, 1.165) is 21.4 Å². The van der Waals surface area contributed by atoms with Gasteiger partial charge in [0.1, 0.15) is 0 Å². The van der Waals surface area contributed by atoms with Gasteiger partial charge in [-0.1, -0.05) is 29.8 Å². The second-order valence-electron chi connectivity index (χ2n) is 5.30. The van der Waals surface area contributed by atoms with Crippen molar-refractivity contribution in [2.24, 2.45) is 0 Å². The lowest BCUT2D eigenvalue weighted by molar-refractivity contribution is -0.122. The largest absolute Gasteiger partial charge is 0.384 e. The van der Waals surface area contributed by atoms with Crippen LogP contribution in [0.5, 0.6) is 0 Å². The third-order valence-electron chi connectivity index (χ3n) is 3.77. The number of rotatable bonds is 4. The number of fused-ring (bicyclic) bond motifs is 1. The Morgan fingerprint density at radius 1 is 1.43 bits per heavy atom. The summed E-state index contributed by atoms with van der Waals surface area (Å²) in [6.45, 7) is 2.81. The molecule has 21 heavy (non-hydrogen) atoms. The van der Waals surface area contributed by atoms with Crippen LogP contribution in [0.1, 0.15) is 35.7 Å². The fourth-order valence-corrected chi connectivity index (χ4v) is 3.76. The molecule has 2 N–H and O–H groups in total. The summed E-state index contributed by atoms with van der Waals surface area (Å²) in [4.78, 5) is 13.3. The quantitative estimate of drug-likeness (QED) is 0.887. The topological polar surface area (TPSA) is 41.1 Å². The molecule has 3 rings (SSSR count). The predicted octanol–water partition coefficient (Wildman–Crippen LogP) is 4.18. The van der Waals surface area contributed by atoms with Crippen LogP contribution in [0.4, 0.5) is 5.69 Å². The van der Waals surface area contributed by atoms with E-state index in [9.17, 15) is 4.79 Å². The van der Waals surface area contributed by atoms with Crippen LogP contribution in [0.3, 0.4) is 0 Å². The van der Waals surface area contributed by atoms with Gasteiger partial charge in [-0.25, -0.2) is 0 Å². The van der Waals surface area contributed by atoms with Gasteiger partial charge in [0.2, 0.25) is 5.91 Å². The SMILES string of the molecule is CC(NC(=O)CC1CNc2ccccc21)c1ccc(Cl)s1. The van der Waals surface area contributed by atoms with Gasteiger partial charge >= 0.3 is 0 Å². The molecule has 1 amide bonds. The molecular formula is C16H17ClN2OS. The first-order chi connectivity index (χ1) is 10.1. The molecular weight excluding hydrogens is 304 g/mol. The molecule has 0 radical (unpaired) electrons. The van der Waals surface area contributed by atoms with Gasteiger partial charge in [0.05, 0.1) is 10.4 Å².